The van der Waals surface area contributed by atoms with Crippen LogP contribution in [0.15, 0.2) is 0 Å². The van der Waals surface area contributed by atoms with E-state index >= 15 is 0 Å². The van der Waals surface area contributed by atoms with Gasteiger partial charge in [0.2, 0.25) is 0 Å². The normalized spacial score (nSPS) is 37.0. The lowest BCUT2D eigenvalue weighted by molar-refractivity contribution is -0.0343. The van der Waals surface area contributed by atoms with Gasteiger partial charge in [0.25, 0.3) is 0 Å². The standard InChI is InChI=1S/C36H65N5/c1-2-31(38)32-33(26-13-12-20-30(23-26)35(24-37)21-22-35)39-25-40-34(32)41-36(27-14-6-3-7-15-27,28-16-8-4-9-17-28)29-18-10-5-11-19-29/h24,26-34,37,39-41H,2-23,25,38H2,1H3. The number of rotatable bonds is 10. The van der Waals surface area contributed by atoms with Crippen molar-refractivity contribution in [3.63, 3.8) is 0 Å². The van der Waals surface area contributed by atoms with Gasteiger partial charge in [-0.1, -0.05) is 71.1 Å². The molecular formula is C36H65N5. The van der Waals surface area contributed by atoms with Crippen LogP contribution in [-0.2, 0) is 0 Å². The zero-order valence-corrected chi connectivity index (χ0v) is 26.6. The topological polar surface area (TPSA) is 86.0 Å². The molecule has 1 heterocycles. The van der Waals surface area contributed by atoms with Gasteiger partial charge in [-0.25, -0.2) is 0 Å². The molecule has 5 heteroatoms. The first-order chi connectivity index (χ1) is 20.1. The maximum absolute atomic E-state index is 8.19. The Bertz CT molecular complexity index is 776. The van der Waals surface area contributed by atoms with E-state index in [1.807, 2.05) is 6.21 Å². The lowest BCUT2D eigenvalue weighted by atomic mass is 9.56. The van der Waals surface area contributed by atoms with Crippen molar-refractivity contribution in [2.24, 2.45) is 46.7 Å². The summed E-state index contributed by atoms with van der Waals surface area (Å²) in [7, 11) is 0. The maximum atomic E-state index is 8.19. The molecule has 5 nitrogen and oxygen atoms in total. The van der Waals surface area contributed by atoms with Gasteiger partial charge in [-0.05, 0) is 107 Å². The summed E-state index contributed by atoms with van der Waals surface area (Å²) in [5.74, 6) is 4.31. The van der Waals surface area contributed by atoms with E-state index in [0.717, 1.165) is 30.8 Å². The van der Waals surface area contributed by atoms with Crippen molar-refractivity contribution in [1.29, 1.82) is 5.41 Å². The number of hydrogen-bond donors (Lipinski definition) is 5. The minimum atomic E-state index is 0.206. The molecule has 0 spiro atoms. The molecule has 6 atom stereocenters. The lowest BCUT2D eigenvalue weighted by Crippen LogP contribution is -2.75. The molecule has 0 aromatic rings. The molecule has 6 fully saturated rings. The van der Waals surface area contributed by atoms with Crippen LogP contribution in [0.1, 0.15) is 148 Å². The van der Waals surface area contributed by atoms with Crippen LogP contribution in [-0.4, -0.2) is 36.7 Å². The van der Waals surface area contributed by atoms with E-state index < -0.39 is 0 Å². The predicted molar refractivity (Wildman–Crippen MR) is 172 cm³/mol. The van der Waals surface area contributed by atoms with Gasteiger partial charge in [0, 0.05) is 41.8 Å². The summed E-state index contributed by atoms with van der Waals surface area (Å²) in [4.78, 5) is 0. The van der Waals surface area contributed by atoms with E-state index in [1.54, 1.807) is 0 Å². The predicted octanol–water partition coefficient (Wildman–Crippen LogP) is 7.49. The first kappa shape index (κ1) is 30.5. The van der Waals surface area contributed by atoms with Crippen LogP contribution >= 0.6 is 0 Å². The van der Waals surface area contributed by atoms with Crippen molar-refractivity contribution < 1.29 is 0 Å². The van der Waals surface area contributed by atoms with Crippen LogP contribution in [0.25, 0.3) is 0 Å². The van der Waals surface area contributed by atoms with E-state index in [0.29, 0.717) is 30.0 Å². The molecule has 234 valence electrons. The Balaban J connectivity index is 1.31. The van der Waals surface area contributed by atoms with Gasteiger partial charge in [-0.3, -0.25) is 10.6 Å². The summed E-state index contributed by atoms with van der Waals surface area (Å²) in [5, 5.41) is 21.0. The highest BCUT2D eigenvalue weighted by Crippen LogP contribution is 2.56. The van der Waals surface area contributed by atoms with Gasteiger partial charge in [0.1, 0.15) is 0 Å². The molecule has 1 aliphatic heterocycles. The largest absolute Gasteiger partial charge is 0.327 e. The van der Waals surface area contributed by atoms with E-state index in [9.17, 15) is 0 Å². The van der Waals surface area contributed by atoms with Crippen molar-refractivity contribution in [2.75, 3.05) is 6.67 Å². The Morgan fingerprint density at radius 1 is 0.805 bits per heavy atom. The molecule has 0 amide bonds. The summed E-state index contributed by atoms with van der Waals surface area (Å²) in [6.45, 7) is 3.23. The minimum absolute atomic E-state index is 0.206. The Kier molecular flexibility index (Phi) is 10.2. The molecule has 1 saturated heterocycles. The maximum Gasteiger partial charge on any atom is 0.0645 e. The van der Waals surface area contributed by atoms with E-state index in [2.05, 4.69) is 17.6 Å². The first-order valence-electron chi connectivity index (χ1n) is 18.6. The Hall–Kier alpha value is -0.490. The highest BCUT2D eigenvalue weighted by molar-refractivity contribution is 5.66. The fraction of sp³-hybridized carbons (Fsp3) is 0.972. The first-order valence-corrected chi connectivity index (χ1v) is 18.6. The molecule has 6 N–H and O–H groups in total. The quantitative estimate of drug-likeness (QED) is 0.177. The smallest absolute Gasteiger partial charge is 0.0645 e. The molecule has 0 bridgehead atoms. The Morgan fingerprint density at radius 2 is 1.37 bits per heavy atom. The Labute approximate surface area is 252 Å². The monoisotopic (exact) mass is 568 g/mol. The molecule has 41 heavy (non-hydrogen) atoms. The third-order valence-corrected chi connectivity index (χ3v) is 13.8. The second-order valence-electron chi connectivity index (χ2n) is 15.8. The van der Waals surface area contributed by atoms with Gasteiger partial charge in [-0.15, -0.1) is 0 Å². The fourth-order valence-electron chi connectivity index (χ4n) is 11.4. The third kappa shape index (κ3) is 6.22. The molecule has 0 aromatic carbocycles. The van der Waals surface area contributed by atoms with Crippen LogP contribution in [0.3, 0.4) is 0 Å². The van der Waals surface area contributed by atoms with Crippen molar-refractivity contribution >= 4 is 6.21 Å². The number of hydrogen-bond acceptors (Lipinski definition) is 5. The molecule has 5 aliphatic carbocycles. The number of nitrogens with one attached hydrogen (secondary N) is 4. The summed E-state index contributed by atoms with van der Waals surface area (Å²) < 4.78 is 0. The molecule has 5 saturated carbocycles. The van der Waals surface area contributed by atoms with Crippen LogP contribution in [0, 0.1) is 46.3 Å². The highest BCUT2D eigenvalue weighted by Gasteiger charge is 2.55. The summed E-state index contributed by atoms with van der Waals surface area (Å²) >= 11 is 0. The second kappa shape index (κ2) is 13.7. The zero-order chi connectivity index (χ0) is 28.3. The fourth-order valence-corrected chi connectivity index (χ4v) is 11.4. The average Bonchev–Trinajstić information content (AvgIpc) is 3.86. The van der Waals surface area contributed by atoms with Crippen LogP contribution in [0.5, 0.6) is 0 Å². The summed E-state index contributed by atoms with van der Waals surface area (Å²) in [6.07, 6.45) is 32.6. The molecule has 6 aliphatic rings. The van der Waals surface area contributed by atoms with Crippen LogP contribution in [0.4, 0.5) is 0 Å². The van der Waals surface area contributed by atoms with E-state index in [4.69, 9.17) is 16.5 Å². The number of nitrogens with two attached hydrogens (primary N) is 1. The van der Waals surface area contributed by atoms with E-state index in [1.165, 1.54) is 135 Å². The average molecular weight is 568 g/mol. The minimum Gasteiger partial charge on any atom is -0.327 e. The van der Waals surface area contributed by atoms with Gasteiger partial charge in [0.15, 0.2) is 0 Å². The third-order valence-electron chi connectivity index (χ3n) is 13.8. The van der Waals surface area contributed by atoms with Crippen LogP contribution in [0.2, 0.25) is 0 Å². The van der Waals surface area contributed by atoms with Gasteiger partial charge in [0.05, 0.1) is 6.17 Å². The van der Waals surface area contributed by atoms with Crippen molar-refractivity contribution in [2.45, 2.75) is 172 Å². The summed E-state index contributed by atoms with van der Waals surface area (Å²) in [6, 6.07) is 0.687. The van der Waals surface area contributed by atoms with Gasteiger partial charge in [-0.2, -0.15) is 0 Å². The van der Waals surface area contributed by atoms with Crippen molar-refractivity contribution in [1.82, 2.24) is 16.0 Å². The second-order valence-corrected chi connectivity index (χ2v) is 15.8. The lowest BCUT2D eigenvalue weighted by Gasteiger charge is -2.59. The van der Waals surface area contributed by atoms with Crippen LogP contribution < -0.4 is 21.7 Å². The van der Waals surface area contributed by atoms with Gasteiger partial charge >= 0.3 is 0 Å². The molecular weight excluding hydrogens is 502 g/mol. The highest BCUT2D eigenvalue weighted by atomic mass is 15.3. The zero-order valence-electron chi connectivity index (χ0n) is 26.6. The SMILES string of the molecule is CCC(N)C1C(NC(C2CCCCC2)(C2CCCCC2)C2CCCCC2)NCNC1C1CCCC(C2(C=N)CC2)C1. The Morgan fingerprint density at radius 3 is 1.85 bits per heavy atom. The molecule has 6 unspecified atom stereocenters. The summed E-state index contributed by atoms with van der Waals surface area (Å²) in [5.41, 5.74) is 7.71. The molecule has 6 rings (SSSR count). The van der Waals surface area contributed by atoms with E-state index in [-0.39, 0.29) is 17.0 Å². The molecule has 0 radical (unpaired) electrons. The van der Waals surface area contributed by atoms with Gasteiger partial charge < -0.3 is 16.5 Å². The van der Waals surface area contributed by atoms with Crippen molar-refractivity contribution in [3.8, 4) is 0 Å². The van der Waals surface area contributed by atoms with Crippen molar-refractivity contribution in [3.05, 3.63) is 0 Å². The molecule has 0 aromatic heterocycles.